The highest BCUT2D eigenvalue weighted by Gasteiger charge is 2.30. The van der Waals surface area contributed by atoms with Crippen molar-refractivity contribution in [2.24, 2.45) is 0 Å². The molecular formula is C18H28ClN3O2. The quantitative estimate of drug-likeness (QED) is 0.893. The lowest BCUT2D eigenvalue weighted by atomic mass is 10.1. The van der Waals surface area contributed by atoms with Gasteiger partial charge in [0, 0.05) is 45.3 Å². The van der Waals surface area contributed by atoms with E-state index in [4.69, 9.17) is 4.74 Å². The zero-order valence-electron chi connectivity index (χ0n) is 14.6. The number of rotatable bonds is 4. The second-order valence-electron chi connectivity index (χ2n) is 6.63. The number of amides is 1. The number of carbonyl (C=O) groups is 1. The van der Waals surface area contributed by atoms with Crippen LogP contribution in [-0.4, -0.2) is 67.6 Å². The van der Waals surface area contributed by atoms with E-state index in [1.807, 2.05) is 24.0 Å². The van der Waals surface area contributed by atoms with E-state index in [0.29, 0.717) is 6.04 Å². The zero-order valence-corrected chi connectivity index (χ0v) is 15.4. The highest BCUT2D eigenvalue weighted by molar-refractivity contribution is 5.85. The Hall–Kier alpha value is -1.30. The van der Waals surface area contributed by atoms with Crippen molar-refractivity contribution in [2.75, 3.05) is 45.9 Å². The fourth-order valence-electron chi connectivity index (χ4n) is 3.51. The lowest BCUT2D eigenvalue weighted by molar-refractivity contribution is -0.132. The van der Waals surface area contributed by atoms with Gasteiger partial charge in [0.25, 0.3) is 5.91 Å². The second-order valence-corrected chi connectivity index (χ2v) is 6.63. The predicted molar refractivity (Wildman–Crippen MR) is 98.1 cm³/mol. The summed E-state index contributed by atoms with van der Waals surface area (Å²) < 4.78 is 5.73. The minimum atomic E-state index is 0. The molecule has 134 valence electrons. The van der Waals surface area contributed by atoms with Crippen molar-refractivity contribution in [1.29, 1.82) is 0 Å². The molecule has 5 nitrogen and oxygen atoms in total. The number of likely N-dealkylation sites (tertiary alicyclic amines) is 1. The number of aryl methyl sites for hydroxylation is 2. The van der Waals surface area contributed by atoms with Gasteiger partial charge in [0.2, 0.25) is 0 Å². The van der Waals surface area contributed by atoms with Gasteiger partial charge in [-0.1, -0.05) is 17.7 Å². The SMILES string of the molecule is Cc1ccc(OCC(=O)N2CCC(N3CCNCC3)C2)c(C)c1.Cl. The van der Waals surface area contributed by atoms with Crippen LogP contribution in [0.4, 0.5) is 0 Å². The Morgan fingerprint density at radius 3 is 2.71 bits per heavy atom. The van der Waals surface area contributed by atoms with Crippen molar-refractivity contribution >= 4 is 18.3 Å². The third-order valence-electron chi connectivity index (χ3n) is 4.87. The smallest absolute Gasteiger partial charge is 0.260 e. The molecule has 6 heteroatoms. The van der Waals surface area contributed by atoms with Crippen molar-refractivity contribution in [3.63, 3.8) is 0 Å². The van der Waals surface area contributed by atoms with Gasteiger partial charge in [-0.05, 0) is 31.9 Å². The van der Waals surface area contributed by atoms with Crippen LogP contribution in [0.2, 0.25) is 0 Å². The summed E-state index contributed by atoms with van der Waals surface area (Å²) in [7, 11) is 0. The Morgan fingerprint density at radius 2 is 2.00 bits per heavy atom. The number of nitrogens with one attached hydrogen (secondary N) is 1. The first kappa shape index (κ1) is 19.0. The minimum Gasteiger partial charge on any atom is -0.484 e. The van der Waals surface area contributed by atoms with Gasteiger partial charge < -0.3 is 15.0 Å². The molecule has 0 saturated carbocycles. The Labute approximate surface area is 150 Å². The average Bonchev–Trinajstić information content (AvgIpc) is 3.05. The van der Waals surface area contributed by atoms with Gasteiger partial charge in [0.15, 0.2) is 6.61 Å². The van der Waals surface area contributed by atoms with Crippen molar-refractivity contribution in [1.82, 2.24) is 15.1 Å². The largest absolute Gasteiger partial charge is 0.484 e. The minimum absolute atomic E-state index is 0. The fraction of sp³-hybridized carbons (Fsp3) is 0.611. The van der Waals surface area contributed by atoms with Gasteiger partial charge in [0.1, 0.15) is 5.75 Å². The summed E-state index contributed by atoms with van der Waals surface area (Å²) in [5, 5.41) is 3.38. The van der Waals surface area contributed by atoms with Crippen molar-refractivity contribution in [2.45, 2.75) is 26.3 Å². The lowest BCUT2D eigenvalue weighted by Crippen LogP contribution is -2.49. The summed E-state index contributed by atoms with van der Waals surface area (Å²) in [6.45, 7) is 10.2. The predicted octanol–water partition coefficient (Wildman–Crippen LogP) is 1.61. The molecule has 1 aromatic carbocycles. The van der Waals surface area contributed by atoms with Gasteiger partial charge in [-0.2, -0.15) is 0 Å². The molecule has 0 aliphatic carbocycles. The molecule has 1 unspecified atom stereocenters. The molecule has 0 aromatic heterocycles. The lowest BCUT2D eigenvalue weighted by Gasteiger charge is -2.32. The van der Waals surface area contributed by atoms with Crippen LogP contribution in [0.1, 0.15) is 17.5 Å². The van der Waals surface area contributed by atoms with Gasteiger partial charge in [-0.15, -0.1) is 12.4 Å². The molecule has 0 radical (unpaired) electrons. The number of benzene rings is 1. The molecule has 2 aliphatic heterocycles. The maximum absolute atomic E-state index is 12.4. The second kappa shape index (κ2) is 8.70. The first-order chi connectivity index (χ1) is 11.1. The van der Waals surface area contributed by atoms with Crippen LogP contribution >= 0.6 is 12.4 Å². The number of halogens is 1. The number of hydrogen-bond donors (Lipinski definition) is 1. The van der Waals surface area contributed by atoms with Crippen LogP contribution in [0.25, 0.3) is 0 Å². The molecule has 2 saturated heterocycles. The maximum Gasteiger partial charge on any atom is 0.260 e. The number of carbonyl (C=O) groups excluding carboxylic acids is 1. The van der Waals surface area contributed by atoms with Crippen LogP contribution in [0.3, 0.4) is 0 Å². The molecule has 0 bridgehead atoms. The molecule has 3 rings (SSSR count). The number of hydrogen-bond acceptors (Lipinski definition) is 4. The standard InChI is InChI=1S/C18H27N3O2.ClH/c1-14-3-4-17(15(2)11-14)23-13-18(22)21-8-5-16(12-21)20-9-6-19-7-10-20;/h3-4,11,16,19H,5-10,12-13H2,1-2H3;1H. The van der Waals surface area contributed by atoms with Crippen LogP contribution in [-0.2, 0) is 4.79 Å². The normalized spacial score (nSPS) is 21.4. The van der Waals surface area contributed by atoms with E-state index >= 15 is 0 Å². The Bertz CT molecular complexity index is 561. The zero-order chi connectivity index (χ0) is 16.2. The third-order valence-corrected chi connectivity index (χ3v) is 4.87. The van der Waals surface area contributed by atoms with Crippen LogP contribution in [0, 0.1) is 13.8 Å². The summed E-state index contributed by atoms with van der Waals surface area (Å²) >= 11 is 0. The van der Waals surface area contributed by atoms with E-state index < -0.39 is 0 Å². The average molecular weight is 354 g/mol. The molecule has 1 aromatic rings. The summed E-state index contributed by atoms with van der Waals surface area (Å²) in [5.74, 6) is 0.907. The molecular weight excluding hydrogens is 326 g/mol. The summed E-state index contributed by atoms with van der Waals surface area (Å²) in [6, 6.07) is 6.56. The highest BCUT2D eigenvalue weighted by Crippen LogP contribution is 2.20. The number of ether oxygens (including phenoxy) is 1. The van der Waals surface area contributed by atoms with Gasteiger partial charge in [-0.25, -0.2) is 0 Å². The Kier molecular flexibility index (Phi) is 6.90. The molecule has 1 atom stereocenters. The summed E-state index contributed by atoms with van der Waals surface area (Å²) in [6.07, 6.45) is 1.08. The molecule has 1 N–H and O–H groups in total. The molecule has 0 spiro atoms. The van der Waals surface area contributed by atoms with E-state index in [1.165, 1.54) is 5.56 Å². The fourth-order valence-corrected chi connectivity index (χ4v) is 3.51. The monoisotopic (exact) mass is 353 g/mol. The van der Waals surface area contributed by atoms with Crippen LogP contribution in [0.5, 0.6) is 5.75 Å². The number of nitrogens with zero attached hydrogens (tertiary/aromatic N) is 2. The highest BCUT2D eigenvalue weighted by atomic mass is 35.5. The summed E-state index contributed by atoms with van der Waals surface area (Å²) in [5.41, 5.74) is 2.29. The van der Waals surface area contributed by atoms with Crippen molar-refractivity contribution < 1.29 is 9.53 Å². The van der Waals surface area contributed by atoms with Gasteiger partial charge in [-0.3, -0.25) is 9.69 Å². The summed E-state index contributed by atoms with van der Waals surface area (Å²) in [4.78, 5) is 16.9. The van der Waals surface area contributed by atoms with E-state index in [0.717, 1.165) is 57.0 Å². The molecule has 2 heterocycles. The molecule has 24 heavy (non-hydrogen) atoms. The van der Waals surface area contributed by atoms with Crippen molar-refractivity contribution in [3.05, 3.63) is 29.3 Å². The maximum atomic E-state index is 12.4. The van der Waals surface area contributed by atoms with Crippen LogP contribution in [0.15, 0.2) is 18.2 Å². The Balaban J connectivity index is 0.00000208. The molecule has 2 aliphatic rings. The van der Waals surface area contributed by atoms with Crippen LogP contribution < -0.4 is 10.1 Å². The van der Waals surface area contributed by atoms with E-state index in [2.05, 4.69) is 23.2 Å². The van der Waals surface area contributed by atoms with E-state index in [9.17, 15) is 4.79 Å². The van der Waals surface area contributed by atoms with Crippen molar-refractivity contribution in [3.8, 4) is 5.75 Å². The van der Waals surface area contributed by atoms with E-state index in [-0.39, 0.29) is 24.9 Å². The van der Waals surface area contributed by atoms with E-state index in [1.54, 1.807) is 0 Å². The first-order valence-electron chi connectivity index (χ1n) is 8.56. The van der Waals surface area contributed by atoms with Gasteiger partial charge in [0.05, 0.1) is 0 Å². The topological polar surface area (TPSA) is 44.8 Å². The first-order valence-corrected chi connectivity index (χ1v) is 8.56. The Morgan fingerprint density at radius 1 is 1.25 bits per heavy atom. The number of piperazine rings is 1. The molecule has 1 amide bonds. The molecule has 2 fully saturated rings. The third kappa shape index (κ3) is 4.62. The van der Waals surface area contributed by atoms with Gasteiger partial charge >= 0.3 is 0 Å².